The lowest BCUT2D eigenvalue weighted by atomic mass is 9.99. The van der Waals surface area contributed by atoms with E-state index in [-0.39, 0.29) is 30.0 Å². The molecular weight excluding hydrogens is 538 g/mol. The molecule has 0 spiro atoms. The Morgan fingerprint density at radius 1 is 0.976 bits per heavy atom. The Morgan fingerprint density at radius 2 is 1.62 bits per heavy atom. The van der Waals surface area contributed by atoms with Crippen molar-refractivity contribution in [1.29, 1.82) is 0 Å². The molecule has 0 aliphatic carbocycles. The number of hydrogen-bond acceptors (Lipinski definition) is 7. The summed E-state index contributed by atoms with van der Waals surface area (Å²) in [7, 11) is 1.53. The molecule has 3 aromatic carbocycles. The van der Waals surface area contributed by atoms with Crippen molar-refractivity contribution in [2.45, 2.75) is 44.9 Å². The Hall–Kier alpha value is -4.99. The van der Waals surface area contributed by atoms with Crippen LogP contribution in [0.5, 0.6) is 17.2 Å². The molecule has 3 amide bonds. The fourth-order valence-electron chi connectivity index (χ4n) is 4.23. The van der Waals surface area contributed by atoms with Crippen LogP contribution in [0, 0.1) is 0 Å². The van der Waals surface area contributed by atoms with E-state index in [9.17, 15) is 24.6 Å². The zero-order valence-corrected chi connectivity index (χ0v) is 24.2. The molecule has 0 radical (unpaired) electrons. The Labute approximate surface area is 245 Å². The third kappa shape index (κ3) is 8.76. The minimum Gasteiger partial charge on any atom is -0.508 e. The Morgan fingerprint density at radius 3 is 2.19 bits per heavy atom. The summed E-state index contributed by atoms with van der Waals surface area (Å²) < 4.78 is 10.6. The topological polar surface area (TPSA) is 137 Å². The number of ether oxygens (including phenoxy) is 2. The van der Waals surface area contributed by atoms with Gasteiger partial charge in [0.05, 0.1) is 7.11 Å². The number of phenolic OH excluding ortho intramolecular Hbond substituents is 2. The molecule has 0 aliphatic heterocycles. The highest BCUT2D eigenvalue weighted by atomic mass is 16.6. The lowest BCUT2D eigenvalue weighted by molar-refractivity contribution is -0.140. The van der Waals surface area contributed by atoms with Crippen molar-refractivity contribution in [1.82, 2.24) is 10.2 Å². The molecule has 0 aromatic heterocycles. The van der Waals surface area contributed by atoms with Gasteiger partial charge in [0.15, 0.2) is 0 Å². The quantitative estimate of drug-likeness (QED) is 0.238. The zero-order valence-electron chi connectivity index (χ0n) is 24.2. The van der Waals surface area contributed by atoms with Crippen LogP contribution in [0.2, 0.25) is 0 Å². The number of carbonyl (C=O) groups is 3. The molecule has 0 bridgehead atoms. The molecular formula is C32H37N3O7. The van der Waals surface area contributed by atoms with Gasteiger partial charge >= 0.3 is 6.09 Å². The van der Waals surface area contributed by atoms with Gasteiger partial charge in [-0.05, 0) is 68.8 Å². The number of benzene rings is 3. The van der Waals surface area contributed by atoms with Gasteiger partial charge in [-0.15, -0.1) is 6.58 Å². The van der Waals surface area contributed by atoms with E-state index in [1.54, 1.807) is 75.4 Å². The van der Waals surface area contributed by atoms with Crippen molar-refractivity contribution >= 4 is 23.6 Å². The maximum atomic E-state index is 14.3. The third-order valence-electron chi connectivity index (χ3n) is 6.12. The molecule has 0 heterocycles. The number of nitrogens with zero attached hydrogens (tertiary/aromatic N) is 1. The van der Waals surface area contributed by atoms with Crippen LogP contribution in [0.1, 0.15) is 37.9 Å². The Balaban J connectivity index is 2.04. The SMILES string of the molecule is C=CCN(C(=O)C(Cc1ccc(O)cc1)NC(=O)OC(C)(C)C)C(C(=O)Nc1ccc(OC)cc1)c1ccccc1O. The van der Waals surface area contributed by atoms with E-state index in [0.717, 1.165) is 0 Å². The molecule has 0 fully saturated rings. The number of alkyl carbamates (subject to hydrolysis) is 1. The van der Waals surface area contributed by atoms with Gasteiger partial charge in [0.2, 0.25) is 5.91 Å². The lowest BCUT2D eigenvalue weighted by Crippen LogP contribution is -2.53. The first-order valence-electron chi connectivity index (χ1n) is 13.3. The van der Waals surface area contributed by atoms with Gasteiger partial charge in [0.25, 0.3) is 5.91 Å². The molecule has 4 N–H and O–H groups in total. The molecule has 0 saturated heterocycles. The predicted octanol–water partition coefficient (Wildman–Crippen LogP) is 4.94. The van der Waals surface area contributed by atoms with E-state index in [4.69, 9.17) is 9.47 Å². The third-order valence-corrected chi connectivity index (χ3v) is 6.12. The molecule has 42 heavy (non-hydrogen) atoms. The van der Waals surface area contributed by atoms with E-state index in [2.05, 4.69) is 17.2 Å². The van der Waals surface area contributed by atoms with Crippen molar-refractivity contribution in [3.05, 3.63) is 96.6 Å². The van der Waals surface area contributed by atoms with Crippen LogP contribution in [-0.4, -0.2) is 58.3 Å². The summed E-state index contributed by atoms with van der Waals surface area (Å²) in [6.45, 7) is 8.78. The van der Waals surface area contributed by atoms with Crippen molar-refractivity contribution in [3.63, 3.8) is 0 Å². The maximum Gasteiger partial charge on any atom is 0.408 e. The number of aromatic hydroxyl groups is 2. The van der Waals surface area contributed by atoms with Gasteiger partial charge in [0, 0.05) is 24.2 Å². The van der Waals surface area contributed by atoms with Gasteiger partial charge in [-0.1, -0.05) is 36.4 Å². The number of rotatable bonds is 11. The van der Waals surface area contributed by atoms with Crippen molar-refractivity contribution < 1.29 is 34.1 Å². The number of amides is 3. The molecule has 2 unspecified atom stereocenters. The molecule has 0 saturated carbocycles. The highest BCUT2D eigenvalue weighted by Crippen LogP contribution is 2.31. The van der Waals surface area contributed by atoms with Gasteiger partial charge in [-0.25, -0.2) is 4.79 Å². The molecule has 2 atom stereocenters. The lowest BCUT2D eigenvalue weighted by Gasteiger charge is -2.34. The number of phenols is 2. The minimum atomic E-state index is -1.30. The number of nitrogens with one attached hydrogen (secondary N) is 2. The Kier molecular flexibility index (Phi) is 10.6. The minimum absolute atomic E-state index is 0.0274. The number of para-hydroxylation sites is 1. The fraction of sp³-hybridized carbons (Fsp3) is 0.281. The normalized spacial score (nSPS) is 12.4. The van der Waals surface area contributed by atoms with Crippen LogP contribution in [0.25, 0.3) is 0 Å². The van der Waals surface area contributed by atoms with Crippen LogP contribution in [0.4, 0.5) is 10.5 Å². The van der Waals surface area contributed by atoms with Gasteiger partial charge < -0.3 is 35.2 Å². The highest BCUT2D eigenvalue weighted by Gasteiger charge is 2.37. The average molecular weight is 576 g/mol. The van der Waals surface area contributed by atoms with E-state index in [1.807, 2.05) is 0 Å². The van der Waals surface area contributed by atoms with Crippen molar-refractivity contribution in [2.24, 2.45) is 0 Å². The second-order valence-corrected chi connectivity index (χ2v) is 10.5. The second-order valence-electron chi connectivity index (χ2n) is 10.5. The standard InChI is InChI=1S/C32H37N3O7/c1-6-19-35(30(39)26(34-31(40)42-32(2,3)4)20-21-11-15-23(36)16-12-21)28(25-9-7-8-10-27(25)37)29(38)33-22-13-17-24(41-5)18-14-22/h6-18,26,28,36-37H,1,19-20H2,2-5H3,(H,33,38)(H,34,40). The largest absolute Gasteiger partial charge is 0.508 e. The summed E-state index contributed by atoms with van der Waals surface area (Å²) in [5.41, 5.74) is 0.440. The highest BCUT2D eigenvalue weighted by molar-refractivity contribution is 5.99. The first kappa shape index (κ1) is 31.5. The molecule has 0 aliphatic rings. The molecule has 222 valence electrons. The smallest absolute Gasteiger partial charge is 0.408 e. The summed E-state index contributed by atoms with van der Waals surface area (Å²) in [6.07, 6.45) is 0.663. The van der Waals surface area contributed by atoms with Gasteiger partial charge in [-0.3, -0.25) is 9.59 Å². The first-order valence-corrected chi connectivity index (χ1v) is 13.3. The average Bonchev–Trinajstić information content (AvgIpc) is 2.93. The van der Waals surface area contributed by atoms with E-state index < -0.39 is 35.6 Å². The van der Waals surface area contributed by atoms with E-state index in [0.29, 0.717) is 17.0 Å². The van der Waals surface area contributed by atoms with E-state index >= 15 is 0 Å². The second kappa shape index (κ2) is 14.1. The Bertz CT molecular complexity index is 1380. The van der Waals surface area contributed by atoms with Gasteiger partial charge in [-0.2, -0.15) is 0 Å². The summed E-state index contributed by atoms with van der Waals surface area (Å²) in [5.74, 6) is -0.766. The van der Waals surface area contributed by atoms with Crippen molar-refractivity contribution in [2.75, 3.05) is 19.0 Å². The number of methoxy groups -OCH3 is 1. The van der Waals surface area contributed by atoms with Crippen LogP contribution in [0.15, 0.2) is 85.5 Å². The number of anilines is 1. The molecule has 3 rings (SSSR count). The maximum absolute atomic E-state index is 14.3. The van der Waals surface area contributed by atoms with Crippen LogP contribution < -0.4 is 15.4 Å². The first-order chi connectivity index (χ1) is 19.9. The molecule has 10 heteroatoms. The van der Waals surface area contributed by atoms with Crippen LogP contribution in [0.3, 0.4) is 0 Å². The predicted molar refractivity (Wildman–Crippen MR) is 159 cm³/mol. The molecule has 10 nitrogen and oxygen atoms in total. The summed E-state index contributed by atoms with van der Waals surface area (Å²) in [6, 6.07) is 16.6. The van der Waals surface area contributed by atoms with Crippen molar-refractivity contribution in [3.8, 4) is 17.2 Å². The monoisotopic (exact) mass is 575 g/mol. The summed E-state index contributed by atoms with van der Waals surface area (Å²) >= 11 is 0. The van der Waals surface area contributed by atoms with E-state index in [1.165, 1.54) is 36.3 Å². The molecule has 3 aromatic rings. The summed E-state index contributed by atoms with van der Waals surface area (Å²) in [4.78, 5) is 42.2. The number of carbonyl (C=O) groups excluding carboxylic acids is 3. The fourth-order valence-corrected chi connectivity index (χ4v) is 4.23. The zero-order chi connectivity index (χ0) is 30.9. The van der Waals surface area contributed by atoms with Crippen LogP contribution in [-0.2, 0) is 20.7 Å². The van der Waals surface area contributed by atoms with Crippen LogP contribution >= 0.6 is 0 Å². The summed E-state index contributed by atoms with van der Waals surface area (Å²) in [5, 5.41) is 25.9. The number of hydrogen-bond donors (Lipinski definition) is 4. The van der Waals surface area contributed by atoms with Gasteiger partial charge in [0.1, 0.15) is 34.9 Å².